The van der Waals surface area contributed by atoms with E-state index in [1.807, 2.05) is 20.8 Å². The van der Waals surface area contributed by atoms with Gasteiger partial charge in [-0.2, -0.15) is 0 Å². The molecule has 1 aromatic rings. The number of amides is 2. The van der Waals surface area contributed by atoms with Crippen molar-refractivity contribution in [2.45, 2.75) is 32.8 Å². The van der Waals surface area contributed by atoms with Crippen molar-refractivity contribution in [1.29, 1.82) is 0 Å². The number of nitrogens with zero attached hydrogens (tertiary/aromatic N) is 2. The van der Waals surface area contributed by atoms with Crippen LogP contribution in [-0.2, 0) is 9.53 Å². The summed E-state index contributed by atoms with van der Waals surface area (Å²) in [6, 6.07) is 3.53. The largest absolute Gasteiger partial charge is 0.444 e. The van der Waals surface area contributed by atoms with E-state index in [0.717, 1.165) is 0 Å². The first-order valence-corrected chi connectivity index (χ1v) is 7.95. The maximum atomic E-state index is 12.3. The Morgan fingerprint density at radius 1 is 1.45 bits per heavy atom. The Labute approximate surface area is 138 Å². The van der Waals surface area contributed by atoms with Gasteiger partial charge in [-0.15, -0.1) is 0 Å². The zero-order valence-electron chi connectivity index (χ0n) is 12.9. The van der Waals surface area contributed by atoms with E-state index >= 15 is 0 Å². The highest BCUT2D eigenvalue weighted by molar-refractivity contribution is 9.10. The molecule has 0 spiro atoms. The number of pyridine rings is 1. The normalized spacial score (nSPS) is 18.2. The molecule has 7 heteroatoms. The maximum Gasteiger partial charge on any atom is 0.410 e. The quantitative estimate of drug-likeness (QED) is 0.813. The Hall–Kier alpha value is -1.63. The molecule has 22 heavy (non-hydrogen) atoms. The Morgan fingerprint density at radius 2 is 2.18 bits per heavy atom. The van der Waals surface area contributed by atoms with Crippen molar-refractivity contribution in [3.05, 3.63) is 22.9 Å². The van der Waals surface area contributed by atoms with Crippen molar-refractivity contribution in [3.8, 4) is 0 Å². The third kappa shape index (κ3) is 4.43. The van der Waals surface area contributed by atoms with Gasteiger partial charge in [0.1, 0.15) is 10.2 Å². The van der Waals surface area contributed by atoms with Gasteiger partial charge in [0.05, 0.1) is 11.6 Å². The highest BCUT2D eigenvalue weighted by atomic mass is 79.9. The van der Waals surface area contributed by atoms with Crippen LogP contribution in [0.3, 0.4) is 0 Å². The summed E-state index contributed by atoms with van der Waals surface area (Å²) < 4.78 is 5.91. The molecule has 1 unspecified atom stereocenters. The summed E-state index contributed by atoms with van der Waals surface area (Å²) in [5.74, 6) is -0.348. The standard InChI is InChI=1S/C15H20BrN3O3/c1-15(2,3)22-14(21)19-8-6-10(9-19)13(20)18-11-5-4-7-17-12(11)16/h4-5,7,10H,6,8-9H2,1-3H3,(H,18,20). The van der Waals surface area contributed by atoms with Gasteiger partial charge in [0, 0.05) is 19.3 Å². The average Bonchev–Trinajstić information content (AvgIpc) is 2.89. The second-order valence-electron chi connectivity index (χ2n) is 6.24. The molecule has 1 fully saturated rings. The van der Waals surface area contributed by atoms with Gasteiger partial charge < -0.3 is 15.0 Å². The van der Waals surface area contributed by atoms with E-state index in [0.29, 0.717) is 29.8 Å². The van der Waals surface area contributed by atoms with Crippen molar-refractivity contribution in [1.82, 2.24) is 9.88 Å². The average molecular weight is 370 g/mol. The molecule has 1 atom stereocenters. The van der Waals surface area contributed by atoms with Crippen molar-refractivity contribution < 1.29 is 14.3 Å². The number of carbonyl (C=O) groups excluding carboxylic acids is 2. The maximum absolute atomic E-state index is 12.3. The Kier molecular flexibility index (Phi) is 5.05. The fraction of sp³-hybridized carbons (Fsp3) is 0.533. The molecule has 1 aliphatic heterocycles. The number of ether oxygens (including phenoxy) is 1. The zero-order chi connectivity index (χ0) is 16.3. The fourth-order valence-corrected chi connectivity index (χ4v) is 2.53. The first-order chi connectivity index (χ1) is 10.3. The molecule has 0 bridgehead atoms. The van der Waals surface area contributed by atoms with Crippen molar-refractivity contribution in [2.75, 3.05) is 18.4 Å². The number of carbonyl (C=O) groups is 2. The van der Waals surface area contributed by atoms with Gasteiger partial charge in [-0.05, 0) is 55.3 Å². The molecule has 1 N–H and O–H groups in total. The number of rotatable bonds is 2. The lowest BCUT2D eigenvalue weighted by molar-refractivity contribution is -0.119. The number of hydrogen-bond donors (Lipinski definition) is 1. The van der Waals surface area contributed by atoms with Crippen LogP contribution in [0.4, 0.5) is 10.5 Å². The van der Waals surface area contributed by atoms with E-state index in [9.17, 15) is 9.59 Å². The summed E-state index contributed by atoms with van der Waals surface area (Å²) in [7, 11) is 0. The van der Waals surface area contributed by atoms with E-state index in [4.69, 9.17) is 4.74 Å². The van der Waals surface area contributed by atoms with Crippen LogP contribution in [0.2, 0.25) is 0 Å². The number of anilines is 1. The monoisotopic (exact) mass is 369 g/mol. The van der Waals surface area contributed by atoms with Gasteiger partial charge in [0.15, 0.2) is 0 Å². The smallest absolute Gasteiger partial charge is 0.410 e. The number of aromatic nitrogens is 1. The number of nitrogens with one attached hydrogen (secondary N) is 1. The van der Waals surface area contributed by atoms with Crippen LogP contribution >= 0.6 is 15.9 Å². The van der Waals surface area contributed by atoms with E-state index in [1.165, 1.54) is 0 Å². The second-order valence-corrected chi connectivity index (χ2v) is 6.99. The number of halogens is 1. The summed E-state index contributed by atoms with van der Waals surface area (Å²) in [6.07, 6.45) is 1.90. The molecule has 6 nitrogen and oxygen atoms in total. The van der Waals surface area contributed by atoms with Gasteiger partial charge in [-0.1, -0.05) is 0 Å². The summed E-state index contributed by atoms with van der Waals surface area (Å²) >= 11 is 3.29. The molecule has 120 valence electrons. The summed E-state index contributed by atoms with van der Waals surface area (Å²) in [4.78, 5) is 29.9. The Balaban J connectivity index is 1.91. The first kappa shape index (κ1) is 16.7. The second kappa shape index (κ2) is 6.64. The van der Waals surface area contributed by atoms with Crippen molar-refractivity contribution >= 4 is 33.6 Å². The van der Waals surface area contributed by atoms with Crippen LogP contribution in [0.5, 0.6) is 0 Å². The fourth-order valence-electron chi connectivity index (χ4n) is 2.18. The van der Waals surface area contributed by atoms with Crippen LogP contribution in [0.15, 0.2) is 22.9 Å². The molecular weight excluding hydrogens is 350 g/mol. The molecule has 2 rings (SSSR count). The molecule has 2 amide bonds. The number of hydrogen-bond acceptors (Lipinski definition) is 4. The summed E-state index contributed by atoms with van der Waals surface area (Å²) in [6.45, 7) is 6.38. The minimum Gasteiger partial charge on any atom is -0.444 e. The third-order valence-corrected chi connectivity index (χ3v) is 3.86. The van der Waals surface area contributed by atoms with Crippen molar-refractivity contribution in [3.63, 3.8) is 0 Å². The SMILES string of the molecule is CC(C)(C)OC(=O)N1CCC(C(=O)Nc2cccnc2Br)C1. The lowest BCUT2D eigenvalue weighted by atomic mass is 10.1. The van der Waals surface area contributed by atoms with Gasteiger partial charge in [0.2, 0.25) is 5.91 Å². The molecular formula is C15H20BrN3O3. The molecule has 0 saturated carbocycles. The molecule has 1 aliphatic rings. The molecule has 0 aliphatic carbocycles. The third-order valence-electron chi connectivity index (χ3n) is 3.23. The topological polar surface area (TPSA) is 71.5 Å². The molecule has 1 saturated heterocycles. The highest BCUT2D eigenvalue weighted by Gasteiger charge is 2.33. The van der Waals surface area contributed by atoms with Gasteiger partial charge >= 0.3 is 6.09 Å². The van der Waals surface area contributed by atoms with Crippen molar-refractivity contribution in [2.24, 2.45) is 5.92 Å². The van der Waals surface area contributed by atoms with E-state index in [2.05, 4.69) is 26.2 Å². The molecule has 0 aromatic carbocycles. The zero-order valence-corrected chi connectivity index (χ0v) is 14.5. The van der Waals surface area contributed by atoms with E-state index < -0.39 is 5.60 Å². The van der Waals surface area contributed by atoms with Gasteiger partial charge in [-0.3, -0.25) is 4.79 Å². The van der Waals surface area contributed by atoms with Crippen LogP contribution in [-0.4, -0.2) is 40.6 Å². The predicted molar refractivity (Wildman–Crippen MR) is 86.5 cm³/mol. The van der Waals surface area contributed by atoms with Gasteiger partial charge in [0.25, 0.3) is 0 Å². The van der Waals surface area contributed by atoms with Crippen LogP contribution in [0, 0.1) is 5.92 Å². The lowest BCUT2D eigenvalue weighted by Crippen LogP contribution is -2.36. The van der Waals surface area contributed by atoms with Crippen LogP contribution in [0.1, 0.15) is 27.2 Å². The number of likely N-dealkylation sites (tertiary alicyclic amines) is 1. The predicted octanol–water partition coefficient (Wildman–Crippen LogP) is 3.04. The summed E-state index contributed by atoms with van der Waals surface area (Å²) in [5, 5.41) is 2.83. The van der Waals surface area contributed by atoms with E-state index in [1.54, 1.807) is 23.2 Å². The minimum absolute atomic E-state index is 0.111. The molecule has 1 aromatic heterocycles. The molecule has 0 radical (unpaired) electrons. The van der Waals surface area contributed by atoms with Crippen LogP contribution in [0.25, 0.3) is 0 Å². The van der Waals surface area contributed by atoms with Gasteiger partial charge in [-0.25, -0.2) is 9.78 Å². The highest BCUT2D eigenvalue weighted by Crippen LogP contribution is 2.23. The Bertz CT molecular complexity index is 571. The van der Waals surface area contributed by atoms with E-state index in [-0.39, 0.29) is 17.9 Å². The lowest BCUT2D eigenvalue weighted by Gasteiger charge is -2.24. The first-order valence-electron chi connectivity index (χ1n) is 7.15. The Morgan fingerprint density at radius 3 is 2.82 bits per heavy atom. The summed E-state index contributed by atoms with van der Waals surface area (Å²) in [5.41, 5.74) is 0.0982. The van der Waals surface area contributed by atoms with Crippen LogP contribution < -0.4 is 5.32 Å². The molecule has 2 heterocycles. The minimum atomic E-state index is -0.530.